The van der Waals surface area contributed by atoms with Crippen LogP contribution in [0.3, 0.4) is 0 Å². The van der Waals surface area contributed by atoms with E-state index < -0.39 is 10.0 Å². The molecule has 0 saturated carbocycles. The molecule has 0 aliphatic carbocycles. The molecular weight excluding hydrogens is 278 g/mol. The molecule has 0 radical (unpaired) electrons. The van der Waals surface area contributed by atoms with Crippen molar-refractivity contribution in [1.82, 2.24) is 10.0 Å². The quantitative estimate of drug-likeness (QED) is 0.754. The van der Waals surface area contributed by atoms with Crippen LogP contribution in [0.1, 0.15) is 20.8 Å². The van der Waals surface area contributed by atoms with Gasteiger partial charge in [0, 0.05) is 11.2 Å². The summed E-state index contributed by atoms with van der Waals surface area (Å²) in [5.74, 6) is -0.177. The first-order valence-corrected chi connectivity index (χ1v) is 7.71. The Hall–Kier alpha value is -1.44. The molecule has 1 rings (SSSR count). The molecule has 0 saturated heterocycles. The molecule has 0 bridgehead atoms. The molecule has 0 aromatic heterocycles. The lowest BCUT2D eigenvalue weighted by molar-refractivity contribution is -0.115. The highest BCUT2D eigenvalue weighted by Crippen LogP contribution is 2.13. The highest BCUT2D eigenvalue weighted by molar-refractivity contribution is 7.89. The SMILES string of the molecule is CNS(=O)(=O)c1ccc(NC(=O)CNC(C)(C)C)cc1. The van der Waals surface area contributed by atoms with Gasteiger partial charge < -0.3 is 10.6 Å². The van der Waals surface area contributed by atoms with Crippen LogP contribution in [0, 0.1) is 0 Å². The fraction of sp³-hybridized carbons (Fsp3) is 0.462. The summed E-state index contributed by atoms with van der Waals surface area (Å²) < 4.78 is 25.3. The Morgan fingerprint density at radius 3 is 2.15 bits per heavy atom. The van der Waals surface area contributed by atoms with Gasteiger partial charge in [0.25, 0.3) is 0 Å². The van der Waals surface area contributed by atoms with Crippen molar-refractivity contribution in [3.8, 4) is 0 Å². The van der Waals surface area contributed by atoms with Crippen molar-refractivity contribution in [1.29, 1.82) is 0 Å². The van der Waals surface area contributed by atoms with Gasteiger partial charge >= 0.3 is 0 Å². The van der Waals surface area contributed by atoms with E-state index in [1.807, 2.05) is 20.8 Å². The third kappa shape index (κ3) is 5.28. The first kappa shape index (κ1) is 16.6. The van der Waals surface area contributed by atoms with Crippen molar-refractivity contribution < 1.29 is 13.2 Å². The lowest BCUT2D eigenvalue weighted by atomic mass is 10.1. The second-order valence-electron chi connectivity index (χ2n) is 5.38. The van der Waals surface area contributed by atoms with Crippen LogP contribution < -0.4 is 15.4 Å². The Morgan fingerprint density at radius 2 is 1.70 bits per heavy atom. The molecule has 6 nitrogen and oxygen atoms in total. The monoisotopic (exact) mass is 299 g/mol. The molecule has 20 heavy (non-hydrogen) atoms. The first-order valence-electron chi connectivity index (χ1n) is 6.22. The van der Waals surface area contributed by atoms with Crippen molar-refractivity contribution in [2.75, 3.05) is 18.9 Å². The van der Waals surface area contributed by atoms with E-state index in [0.717, 1.165) is 0 Å². The van der Waals surface area contributed by atoms with Gasteiger partial charge in [-0.25, -0.2) is 13.1 Å². The van der Waals surface area contributed by atoms with E-state index in [0.29, 0.717) is 5.69 Å². The first-order chi connectivity index (χ1) is 9.14. The smallest absolute Gasteiger partial charge is 0.240 e. The number of sulfonamides is 1. The predicted molar refractivity (Wildman–Crippen MR) is 79.1 cm³/mol. The zero-order valence-corrected chi connectivity index (χ0v) is 13.0. The highest BCUT2D eigenvalue weighted by atomic mass is 32.2. The number of anilines is 1. The van der Waals surface area contributed by atoms with E-state index >= 15 is 0 Å². The van der Waals surface area contributed by atoms with Gasteiger partial charge in [-0.05, 0) is 52.1 Å². The maximum absolute atomic E-state index is 11.7. The second kappa shape index (κ2) is 6.34. The van der Waals surface area contributed by atoms with Crippen LogP contribution in [-0.2, 0) is 14.8 Å². The van der Waals surface area contributed by atoms with E-state index in [-0.39, 0.29) is 22.9 Å². The lowest BCUT2D eigenvalue weighted by Crippen LogP contribution is -2.41. The van der Waals surface area contributed by atoms with Crippen LogP contribution in [0.15, 0.2) is 29.2 Å². The molecule has 1 aromatic carbocycles. The fourth-order valence-corrected chi connectivity index (χ4v) is 2.12. The maximum atomic E-state index is 11.7. The summed E-state index contributed by atoms with van der Waals surface area (Å²) in [4.78, 5) is 11.9. The minimum Gasteiger partial charge on any atom is -0.325 e. The molecule has 0 atom stereocenters. The Balaban J connectivity index is 2.65. The van der Waals surface area contributed by atoms with Gasteiger partial charge in [-0.3, -0.25) is 4.79 Å². The lowest BCUT2D eigenvalue weighted by Gasteiger charge is -2.20. The molecule has 112 valence electrons. The molecule has 0 unspecified atom stereocenters. The average molecular weight is 299 g/mol. The van der Waals surface area contributed by atoms with Crippen LogP contribution >= 0.6 is 0 Å². The number of carbonyl (C=O) groups is 1. The number of nitrogens with one attached hydrogen (secondary N) is 3. The van der Waals surface area contributed by atoms with Crippen LogP contribution in [0.4, 0.5) is 5.69 Å². The predicted octanol–water partition coefficient (Wildman–Crippen LogP) is 0.921. The van der Waals surface area contributed by atoms with Crippen molar-refractivity contribution in [3.05, 3.63) is 24.3 Å². The molecule has 0 heterocycles. The zero-order chi connectivity index (χ0) is 15.4. The van der Waals surface area contributed by atoms with Gasteiger partial charge in [0.2, 0.25) is 15.9 Å². The Kier molecular flexibility index (Phi) is 5.27. The van der Waals surface area contributed by atoms with E-state index in [1.165, 1.54) is 19.2 Å². The van der Waals surface area contributed by atoms with Gasteiger partial charge in [-0.15, -0.1) is 0 Å². The summed E-state index contributed by atoms with van der Waals surface area (Å²) in [6.07, 6.45) is 0. The van der Waals surface area contributed by atoms with Crippen molar-refractivity contribution in [3.63, 3.8) is 0 Å². The molecule has 0 aliphatic rings. The third-order valence-electron chi connectivity index (χ3n) is 2.50. The van der Waals surface area contributed by atoms with Gasteiger partial charge in [0.15, 0.2) is 0 Å². The minimum absolute atomic E-state index is 0.137. The number of hydrogen-bond donors (Lipinski definition) is 3. The Labute approximate surface area is 120 Å². The van der Waals surface area contributed by atoms with Crippen molar-refractivity contribution in [2.45, 2.75) is 31.2 Å². The van der Waals surface area contributed by atoms with Gasteiger partial charge in [-0.1, -0.05) is 0 Å². The molecule has 1 aromatic rings. The van der Waals surface area contributed by atoms with Gasteiger partial charge in [-0.2, -0.15) is 0 Å². The Morgan fingerprint density at radius 1 is 1.15 bits per heavy atom. The normalized spacial score (nSPS) is 12.2. The second-order valence-corrected chi connectivity index (χ2v) is 7.27. The third-order valence-corrected chi connectivity index (χ3v) is 3.93. The molecule has 0 aliphatic heterocycles. The van der Waals surface area contributed by atoms with Gasteiger partial charge in [0.05, 0.1) is 11.4 Å². The minimum atomic E-state index is -3.45. The molecule has 1 amide bonds. The summed E-state index contributed by atoms with van der Waals surface area (Å²) in [6.45, 7) is 6.10. The molecule has 3 N–H and O–H groups in total. The Bertz CT molecular complexity index is 560. The highest BCUT2D eigenvalue weighted by Gasteiger charge is 2.13. The summed E-state index contributed by atoms with van der Waals surface area (Å²) in [5, 5.41) is 5.76. The van der Waals surface area contributed by atoms with Crippen molar-refractivity contribution >= 4 is 21.6 Å². The van der Waals surface area contributed by atoms with E-state index in [9.17, 15) is 13.2 Å². The van der Waals surface area contributed by atoms with E-state index in [2.05, 4.69) is 15.4 Å². The van der Waals surface area contributed by atoms with Crippen LogP contribution in [0.25, 0.3) is 0 Å². The topological polar surface area (TPSA) is 87.3 Å². The molecule has 0 spiro atoms. The summed E-state index contributed by atoms with van der Waals surface area (Å²) in [5.41, 5.74) is 0.419. The summed E-state index contributed by atoms with van der Waals surface area (Å²) in [6, 6.07) is 6.00. The number of carbonyl (C=O) groups excluding carboxylic acids is 1. The maximum Gasteiger partial charge on any atom is 0.240 e. The summed E-state index contributed by atoms with van der Waals surface area (Å²) >= 11 is 0. The molecular formula is C13H21N3O3S. The number of amides is 1. The molecule has 7 heteroatoms. The van der Waals surface area contributed by atoms with Gasteiger partial charge in [0.1, 0.15) is 0 Å². The van der Waals surface area contributed by atoms with Crippen LogP contribution in [-0.4, -0.2) is 33.5 Å². The largest absolute Gasteiger partial charge is 0.325 e. The number of hydrogen-bond acceptors (Lipinski definition) is 4. The average Bonchev–Trinajstić information content (AvgIpc) is 2.36. The number of rotatable bonds is 5. The van der Waals surface area contributed by atoms with E-state index in [4.69, 9.17) is 0 Å². The van der Waals surface area contributed by atoms with Crippen molar-refractivity contribution in [2.24, 2.45) is 0 Å². The zero-order valence-electron chi connectivity index (χ0n) is 12.1. The summed E-state index contributed by atoms with van der Waals surface area (Å²) in [7, 11) is -2.10. The standard InChI is InChI=1S/C13H21N3O3S/c1-13(2,3)15-9-12(17)16-10-5-7-11(8-6-10)20(18,19)14-4/h5-8,14-15H,9H2,1-4H3,(H,16,17). The molecule has 0 fully saturated rings. The van der Waals surface area contributed by atoms with Crippen LogP contribution in [0.2, 0.25) is 0 Å². The van der Waals surface area contributed by atoms with Crippen LogP contribution in [0.5, 0.6) is 0 Å². The van der Waals surface area contributed by atoms with E-state index in [1.54, 1.807) is 12.1 Å². The fourth-order valence-electron chi connectivity index (χ4n) is 1.39. The number of benzene rings is 1.